The molecule has 1 aliphatic rings. The minimum Gasteiger partial charge on any atom is -0.480 e. The van der Waals surface area contributed by atoms with Gasteiger partial charge in [0.25, 0.3) is 5.91 Å². The molecule has 1 aliphatic heterocycles. The van der Waals surface area contributed by atoms with Gasteiger partial charge in [0.15, 0.2) is 22.2 Å². The molecule has 9 heteroatoms. The molecule has 1 atom stereocenters. The molecule has 1 aromatic heterocycles. The van der Waals surface area contributed by atoms with Crippen LogP contribution in [0.2, 0.25) is 0 Å². The number of nitrogens with zero attached hydrogens (tertiary/aromatic N) is 1. The third-order valence-corrected chi connectivity index (χ3v) is 7.19. The van der Waals surface area contributed by atoms with Gasteiger partial charge in [-0.15, -0.1) is 0 Å². The maximum atomic E-state index is 12.2. The first kappa shape index (κ1) is 18.6. The van der Waals surface area contributed by atoms with Gasteiger partial charge in [0, 0.05) is 16.1 Å². The number of pyridine rings is 1. The standard InChI is InChI=1S/C16H16Br2N2O4S/c1-16(4-6-25(22,23)9-16)20-13(21)8-24-15-12(18)7-11(17)10-3-2-5-19-14(10)15/h2-3,5,7H,4,6,8-9H2,1H3,(H,20,21). The van der Waals surface area contributed by atoms with Crippen LogP contribution in [0.3, 0.4) is 0 Å². The molecule has 0 bridgehead atoms. The van der Waals surface area contributed by atoms with Crippen molar-refractivity contribution in [2.75, 3.05) is 18.1 Å². The molecule has 1 amide bonds. The molecule has 1 saturated heterocycles. The molecule has 134 valence electrons. The lowest BCUT2D eigenvalue weighted by molar-refractivity contribution is -0.124. The van der Waals surface area contributed by atoms with Gasteiger partial charge in [-0.1, -0.05) is 22.0 Å². The number of carbonyl (C=O) groups is 1. The van der Waals surface area contributed by atoms with Crippen LogP contribution in [0, 0.1) is 0 Å². The summed E-state index contributed by atoms with van der Waals surface area (Å²) >= 11 is 6.90. The highest BCUT2D eigenvalue weighted by molar-refractivity contribution is 9.11. The molecule has 2 heterocycles. The summed E-state index contributed by atoms with van der Waals surface area (Å²) in [7, 11) is -3.09. The summed E-state index contributed by atoms with van der Waals surface area (Å²) in [5.74, 6) is 0.159. The molecule has 6 nitrogen and oxygen atoms in total. The van der Waals surface area contributed by atoms with Crippen molar-refractivity contribution < 1.29 is 17.9 Å². The molecule has 1 aromatic carbocycles. The molecule has 0 saturated carbocycles. The van der Waals surface area contributed by atoms with Crippen LogP contribution in [0.5, 0.6) is 5.75 Å². The summed E-state index contributed by atoms with van der Waals surface area (Å²) < 4.78 is 30.5. The third kappa shape index (κ3) is 4.15. The molecule has 0 spiro atoms. The first-order chi connectivity index (χ1) is 11.7. The van der Waals surface area contributed by atoms with Crippen molar-refractivity contribution in [3.8, 4) is 5.75 Å². The number of ether oxygens (including phenoxy) is 1. The number of amides is 1. The smallest absolute Gasteiger partial charge is 0.258 e. The summed E-state index contributed by atoms with van der Waals surface area (Å²) in [6.07, 6.45) is 2.06. The zero-order valence-corrected chi connectivity index (χ0v) is 17.4. The van der Waals surface area contributed by atoms with Gasteiger partial charge < -0.3 is 10.1 Å². The quantitative estimate of drug-likeness (QED) is 0.710. The van der Waals surface area contributed by atoms with Gasteiger partial charge in [0.05, 0.1) is 21.5 Å². The predicted molar refractivity (Wildman–Crippen MR) is 102 cm³/mol. The maximum Gasteiger partial charge on any atom is 0.258 e. The number of hydrogen-bond acceptors (Lipinski definition) is 5. The minimum atomic E-state index is -3.09. The van der Waals surface area contributed by atoms with E-state index < -0.39 is 15.4 Å². The van der Waals surface area contributed by atoms with Crippen molar-refractivity contribution in [2.45, 2.75) is 18.9 Å². The Morgan fingerprint density at radius 3 is 2.84 bits per heavy atom. The van der Waals surface area contributed by atoms with Crippen LogP contribution in [-0.2, 0) is 14.6 Å². The Morgan fingerprint density at radius 2 is 2.16 bits per heavy atom. The van der Waals surface area contributed by atoms with Gasteiger partial charge in [-0.3, -0.25) is 9.78 Å². The van der Waals surface area contributed by atoms with Crippen molar-refractivity contribution in [2.24, 2.45) is 0 Å². The van der Waals surface area contributed by atoms with E-state index in [1.807, 2.05) is 18.2 Å². The van der Waals surface area contributed by atoms with Crippen LogP contribution in [0.15, 0.2) is 33.3 Å². The Morgan fingerprint density at radius 1 is 1.40 bits per heavy atom. The Kier molecular flexibility index (Phi) is 5.09. The summed E-state index contributed by atoms with van der Waals surface area (Å²) in [6.45, 7) is 1.52. The van der Waals surface area contributed by atoms with Gasteiger partial charge in [-0.2, -0.15) is 0 Å². The van der Waals surface area contributed by atoms with Gasteiger partial charge in [0.1, 0.15) is 5.52 Å². The van der Waals surface area contributed by atoms with Gasteiger partial charge in [-0.05, 0) is 41.4 Å². The zero-order valence-electron chi connectivity index (χ0n) is 13.4. The van der Waals surface area contributed by atoms with E-state index in [0.29, 0.717) is 22.2 Å². The van der Waals surface area contributed by atoms with Gasteiger partial charge in [0.2, 0.25) is 0 Å². The molecule has 0 radical (unpaired) electrons. The van der Waals surface area contributed by atoms with Crippen LogP contribution in [0.4, 0.5) is 0 Å². The zero-order chi connectivity index (χ0) is 18.2. The van der Waals surface area contributed by atoms with E-state index in [0.717, 1.165) is 9.86 Å². The number of halogens is 2. The first-order valence-electron chi connectivity index (χ1n) is 7.56. The fraction of sp³-hybridized carbons (Fsp3) is 0.375. The summed E-state index contributed by atoms with van der Waals surface area (Å²) in [4.78, 5) is 16.5. The second-order valence-corrected chi connectivity index (χ2v) is 10.2. The second kappa shape index (κ2) is 6.85. The number of hydrogen-bond donors (Lipinski definition) is 1. The lowest BCUT2D eigenvalue weighted by atomic mass is 10.0. The topological polar surface area (TPSA) is 85.4 Å². The van der Waals surface area contributed by atoms with E-state index in [9.17, 15) is 13.2 Å². The number of carbonyl (C=O) groups excluding carboxylic acids is 1. The van der Waals surface area contributed by atoms with Crippen molar-refractivity contribution in [3.05, 3.63) is 33.3 Å². The van der Waals surface area contributed by atoms with Gasteiger partial charge >= 0.3 is 0 Å². The molecule has 1 unspecified atom stereocenters. The Hall–Kier alpha value is -1.19. The highest BCUT2D eigenvalue weighted by Gasteiger charge is 2.39. The molecule has 1 fully saturated rings. The maximum absolute atomic E-state index is 12.2. The number of fused-ring (bicyclic) bond motifs is 1. The average Bonchev–Trinajstić information content (AvgIpc) is 2.80. The number of aromatic nitrogens is 1. The normalized spacial score (nSPS) is 22.0. The minimum absolute atomic E-state index is 0.0434. The third-order valence-electron chi connectivity index (χ3n) is 4.04. The van der Waals surface area contributed by atoms with Crippen molar-refractivity contribution >= 4 is 58.5 Å². The van der Waals surface area contributed by atoms with E-state index in [1.165, 1.54) is 0 Å². The SMILES string of the molecule is CC1(NC(=O)COc2c(Br)cc(Br)c3cccnc23)CCS(=O)(=O)C1. The highest BCUT2D eigenvalue weighted by atomic mass is 79.9. The average molecular weight is 492 g/mol. The predicted octanol–water partition coefficient (Wildman–Crippen LogP) is 2.83. The van der Waals surface area contributed by atoms with Crippen LogP contribution < -0.4 is 10.1 Å². The molecular formula is C16H16Br2N2O4S. The lowest BCUT2D eigenvalue weighted by Gasteiger charge is -2.24. The van der Waals surface area contributed by atoms with E-state index in [-0.39, 0.29) is 24.0 Å². The largest absolute Gasteiger partial charge is 0.480 e. The molecule has 3 rings (SSSR count). The molecule has 0 aliphatic carbocycles. The van der Waals surface area contributed by atoms with Gasteiger partial charge in [-0.25, -0.2) is 8.42 Å². The summed E-state index contributed by atoms with van der Waals surface area (Å²) in [5.41, 5.74) is -0.109. The Bertz CT molecular complexity index is 949. The Balaban J connectivity index is 1.74. The van der Waals surface area contributed by atoms with E-state index in [2.05, 4.69) is 42.2 Å². The van der Waals surface area contributed by atoms with Crippen LogP contribution in [-0.4, -0.2) is 43.0 Å². The van der Waals surface area contributed by atoms with Crippen molar-refractivity contribution in [1.29, 1.82) is 0 Å². The van der Waals surface area contributed by atoms with E-state index >= 15 is 0 Å². The van der Waals surface area contributed by atoms with Crippen LogP contribution in [0.25, 0.3) is 10.9 Å². The molecular weight excluding hydrogens is 476 g/mol. The van der Waals surface area contributed by atoms with Crippen molar-refractivity contribution in [1.82, 2.24) is 10.3 Å². The number of sulfone groups is 1. The lowest BCUT2D eigenvalue weighted by Crippen LogP contribution is -2.48. The highest BCUT2D eigenvalue weighted by Crippen LogP contribution is 2.37. The Labute approximate surface area is 162 Å². The fourth-order valence-electron chi connectivity index (χ4n) is 2.90. The molecule has 1 N–H and O–H groups in total. The molecule has 25 heavy (non-hydrogen) atoms. The van der Waals surface area contributed by atoms with E-state index in [4.69, 9.17) is 4.74 Å². The first-order valence-corrected chi connectivity index (χ1v) is 11.0. The van der Waals surface area contributed by atoms with Crippen LogP contribution in [0.1, 0.15) is 13.3 Å². The summed E-state index contributed by atoms with van der Waals surface area (Å²) in [5, 5.41) is 3.64. The monoisotopic (exact) mass is 490 g/mol. The number of nitrogens with one attached hydrogen (secondary N) is 1. The van der Waals surface area contributed by atoms with Crippen molar-refractivity contribution in [3.63, 3.8) is 0 Å². The summed E-state index contributed by atoms with van der Waals surface area (Å²) in [6, 6.07) is 5.55. The van der Waals surface area contributed by atoms with Crippen LogP contribution >= 0.6 is 31.9 Å². The number of benzene rings is 1. The number of rotatable bonds is 4. The van der Waals surface area contributed by atoms with E-state index in [1.54, 1.807) is 13.1 Å². The second-order valence-electron chi connectivity index (χ2n) is 6.31. The molecule has 2 aromatic rings. The fourth-order valence-corrected chi connectivity index (χ4v) is 6.38.